The lowest BCUT2D eigenvalue weighted by Crippen LogP contribution is -2.45. The highest BCUT2D eigenvalue weighted by molar-refractivity contribution is 5.88. The van der Waals surface area contributed by atoms with E-state index in [2.05, 4.69) is 62.8 Å². The number of hydrogen-bond donors (Lipinski definition) is 15. The second-order valence-electron chi connectivity index (χ2n) is 20.6. The van der Waals surface area contributed by atoms with Crippen LogP contribution in [0.3, 0.4) is 0 Å². The number of rotatable bonds is 39. The van der Waals surface area contributed by atoms with Crippen LogP contribution >= 0.6 is 0 Å². The van der Waals surface area contributed by atoms with E-state index in [4.69, 9.17) is 0 Å². The van der Waals surface area contributed by atoms with Crippen molar-refractivity contribution in [2.45, 2.75) is 19.6 Å². The number of amides is 6. The molecule has 26 nitrogen and oxygen atoms in total. The summed E-state index contributed by atoms with van der Waals surface area (Å²) in [6, 6.07) is 40.8. The Morgan fingerprint density at radius 1 is 0.304 bits per heavy atom. The topological polar surface area (TPSA) is 376 Å². The van der Waals surface area contributed by atoms with E-state index in [0.29, 0.717) is 132 Å². The molecular weight excluding hydrogens is 1180 g/mol. The van der Waals surface area contributed by atoms with Crippen molar-refractivity contribution < 1.29 is 59.4 Å². The average molecular weight is 1270 g/mol. The molecule has 0 saturated carbocycles. The number of nitrogens with one attached hydrogen (secondary N) is 9. The molecule has 0 aliphatic rings. The van der Waals surface area contributed by atoms with Crippen LogP contribution in [-0.4, -0.2) is 212 Å². The van der Waals surface area contributed by atoms with E-state index in [1.54, 1.807) is 109 Å². The average Bonchev–Trinajstić information content (AvgIpc) is 3.38. The molecule has 490 valence electrons. The van der Waals surface area contributed by atoms with Crippen molar-refractivity contribution in [3.8, 4) is 34.5 Å². The number of aromatic hydroxyl groups is 6. The van der Waals surface area contributed by atoms with Gasteiger partial charge in [-0.05, 0) is 54.6 Å². The maximum Gasteiger partial charge on any atom is 0.241 e. The predicted octanol–water partition coefficient (Wildman–Crippen LogP) is 1.23. The molecule has 0 aromatic heterocycles. The summed E-state index contributed by atoms with van der Waals surface area (Å²) < 4.78 is 0. The van der Waals surface area contributed by atoms with E-state index in [0.717, 1.165) is 0 Å². The molecular formula is C66H84N14O12. The number of aliphatic imine (C=N–C) groups is 3. The van der Waals surface area contributed by atoms with Crippen LogP contribution in [0, 0.1) is 0 Å². The third-order valence-electron chi connectivity index (χ3n) is 13.5. The summed E-state index contributed by atoms with van der Waals surface area (Å²) in [7, 11) is 0. The highest BCUT2D eigenvalue weighted by atomic mass is 16.3. The SMILES string of the molecule is O=C(CN=Cc1ccccc1O)NCCN(CCNC(=O)CN=Cc1ccccc1O)CCNC(=O)CN=Cc1ccccc1O.O=C(CNCc1ccccc1O)NCCN(CCNC(=O)CNCc1ccccc1O)CCNC(=O)CNCc1ccccc1O. The summed E-state index contributed by atoms with van der Waals surface area (Å²) in [5, 5.41) is 85.1. The van der Waals surface area contributed by atoms with Gasteiger partial charge in [0.15, 0.2) is 0 Å². The van der Waals surface area contributed by atoms with Crippen LogP contribution in [0.4, 0.5) is 0 Å². The van der Waals surface area contributed by atoms with Gasteiger partial charge in [-0.1, -0.05) is 91.0 Å². The standard InChI is InChI=1S/C33H45N7O6.C33H39N7O6/c2*41-28-10-4-1-7-25(28)19-34-22-31(44)37-13-16-40(17-14-38-32(45)23-35-20-26-8-2-5-11-29(26)42)18-15-39-33(46)24-36-21-27-9-3-6-12-30(27)43/h1-12,34-36,41-43H,13-24H2,(H,37,44)(H,38,45)(H,39,46);1-12,19-21,41-43H,13-18,22-24H2,(H,37,44)(H,38,45)(H,39,46). The quantitative estimate of drug-likeness (QED) is 0.0241. The Morgan fingerprint density at radius 2 is 0.522 bits per heavy atom. The second-order valence-corrected chi connectivity index (χ2v) is 20.6. The highest BCUT2D eigenvalue weighted by Crippen LogP contribution is 2.18. The van der Waals surface area contributed by atoms with Crippen molar-refractivity contribution in [1.82, 2.24) is 57.7 Å². The van der Waals surface area contributed by atoms with Crippen molar-refractivity contribution in [3.63, 3.8) is 0 Å². The summed E-state index contributed by atoms with van der Waals surface area (Å²) in [4.78, 5) is 90.1. The molecule has 0 saturated heterocycles. The molecule has 6 amide bonds. The molecule has 0 fully saturated rings. The Morgan fingerprint density at radius 3 is 0.761 bits per heavy atom. The van der Waals surface area contributed by atoms with Gasteiger partial charge in [-0.25, -0.2) is 0 Å². The van der Waals surface area contributed by atoms with E-state index in [9.17, 15) is 59.4 Å². The van der Waals surface area contributed by atoms with Gasteiger partial charge in [-0.15, -0.1) is 0 Å². The first-order valence-electron chi connectivity index (χ1n) is 29.9. The van der Waals surface area contributed by atoms with Crippen LogP contribution in [0.2, 0.25) is 0 Å². The van der Waals surface area contributed by atoms with Gasteiger partial charge in [0.05, 0.1) is 19.6 Å². The maximum absolute atomic E-state index is 12.3. The van der Waals surface area contributed by atoms with Gasteiger partial charge in [0, 0.05) is 150 Å². The van der Waals surface area contributed by atoms with Crippen molar-refractivity contribution in [3.05, 3.63) is 179 Å². The second kappa shape index (κ2) is 42.6. The molecule has 26 heteroatoms. The molecule has 0 aliphatic heterocycles. The van der Waals surface area contributed by atoms with Gasteiger partial charge in [0.25, 0.3) is 0 Å². The number of benzene rings is 6. The molecule has 0 unspecified atom stereocenters. The molecule has 6 aromatic rings. The van der Waals surface area contributed by atoms with Crippen molar-refractivity contribution in [1.29, 1.82) is 0 Å². The molecule has 0 atom stereocenters. The summed E-state index contributed by atoms with van der Waals surface area (Å²) in [6.45, 7) is 5.82. The molecule has 92 heavy (non-hydrogen) atoms. The fraction of sp³-hybridized carbons (Fsp3) is 0.318. The first kappa shape index (κ1) is 72.5. The van der Waals surface area contributed by atoms with Crippen LogP contribution in [0.1, 0.15) is 33.4 Å². The van der Waals surface area contributed by atoms with Crippen molar-refractivity contribution in [2.75, 3.05) is 118 Å². The normalized spacial score (nSPS) is 11.2. The third kappa shape index (κ3) is 30.3. The summed E-state index contributed by atoms with van der Waals surface area (Å²) in [5.41, 5.74) is 3.64. The molecule has 0 aliphatic carbocycles. The zero-order chi connectivity index (χ0) is 66.0. The minimum atomic E-state index is -0.294. The van der Waals surface area contributed by atoms with Gasteiger partial charge in [0.2, 0.25) is 35.4 Å². The van der Waals surface area contributed by atoms with E-state index in [1.807, 2.05) is 28.0 Å². The summed E-state index contributed by atoms with van der Waals surface area (Å²) >= 11 is 0. The van der Waals surface area contributed by atoms with Crippen LogP contribution in [0.25, 0.3) is 0 Å². The molecule has 6 rings (SSSR count). The lowest BCUT2D eigenvalue weighted by atomic mass is 10.2. The van der Waals surface area contributed by atoms with Gasteiger partial charge in [-0.3, -0.25) is 53.5 Å². The van der Waals surface area contributed by atoms with Crippen LogP contribution in [-0.2, 0) is 48.4 Å². The van der Waals surface area contributed by atoms with E-state index in [-0.39, 0.29) is 109 Å². The molecule has 6 aromatic carbocycles. The van der Waals surface area contributed by atoms with Gasteiger partial charge in [-0.2, -0.15) is 0 Å². The van der Waals surface area contributed by atoms with Crippen LogP contribution < -0.4 is 47.9 Å². The zero-order valence-corrected chi connectivity index (χ0v) is 51.3. The molecule has 0 bridgehead atoms. The van der Waals surface area contributed by atoms with Gasteiger partial charge in [0.1, 0.15) is 54.1 Å². The lowest BCUT2D eigenvalue weighted by molar-refractivity contribution is -0.121. The zero-order valence-electron chi connectivity index (χ0n) is 51.3. The number of nitrogens with zero attached hydrogens (tertiary/aromatic N) is 5. The van der Waals surface area contributed by atoms with Crippen molar-refractivity contribution >= 4 is 54.1 Å². The Bertz CT molecular complexity index is 3010. The monoisotopic (exact) mass is 1260 g/mol. The van der Waals surface area contributed by atoms with Gasteiger partial charge >= 0.3 is 0 Å². The van der Waals surface area contributed by atoms with Crippen molar-refractivity contribution in [2.24, 2.45) is 15.0 Å². The number of hydrogen-bond acceptors (Lipinski definition) is 20. The van der Waals surface area contributed by atoms with E-state index < -0.39 is 0 Å². The summed E-state index contributed by atoms with van der Waals surface area (Å²) in [5.74, 6) is -0.723. The number of phenolic OH excluding ortho intramolecular Hbond substituents is 6. The molecule has 0 radical (unpaired) electrons. The lowest BCUT2D eigenvalue weighted by Gasteiger charge is -2.23. The number of phenols is 6. The predicted molar refractivity (Wildman–Crippen MR) is 352 cm³/mol. The Hall–Kier alpha value is -10.3. The minimum Gasteiger partial charge on any atom is -0.508 e. The first-order chi connectivity index (χ1) is 44.6. The maximum atomic E-state index is 12.3. The third-order valence-corrected chi connectivity index (χ3v) is 13.5. The van der Waals surface area contributed by atoms with E-state index >= 15 is 0 Å². The number of para-hydroxylation sites is 6. The fourth-order valence-electron chi connectivity index (χ4n) is 8.53. The first-order valence-corrected chi connectivity index (χ1v) is 29.9. The largest absolute Gasteiger partial charge is 0.508 e. The fourth-order valence-corrected chi connectivity index (χ4v) is 8.53. The molecule has 0 heterocycles. The Balaban J connectivity index is 0.000000334. The highest BCUT2D eigenvalue weighted by Gasteiger charge is 2.13. The Labute approximate surface area is 535 Å². The number of carbonyl (C=O) groups is 6. The van der Waals surface area contributed by atoms with Crippen LogP contribution in [0.5, 0.6) is 34.5 Å². The molecule has 0 spiro atoms. The molecule has 15 N–H and O–H groups in total. The summed E-state index contributed by atoms with van der Waals surface area (Å²) in [6.07, 6.45) is 4.31. The Kier molecular flexibility index (Phi) is 33.6. The van der Waals surface area contributed by atoms with E-state index in [1.165, 1.54) is 36.8 Å². The number of carbonyl (C=O) groups excluding carboxylic acids is 6. The minimum absolute atomic E-state index is 0.0751. The smallest absolute Gasteiger partial charge is 0.241 e. The van der Waals surface area contributed by atoms with Gasteiger partial charge < -0.3 is 78.5 Å². The van der Waals surface area contributed by atoms with Crippen LogP contribution in [0.15, 0.2) is 161 Å².